The molecule has 0 unspecified atom stereocenters. The molecule has 1 aliphatic carbocycles. The summed E-state index contributed by atoms with van der Waals surface area (Å²) in [6, 6.07) is 9.30. The Morgan fingerprint density at radius 3 is 2.43 bits per heavy atom. The van der Waals surface area contributed by atoms with Crippen molar-refractivity contribution in [1.29, 1.82) is 0 Å². The van der Waals surface area contributed by atoms with E-state index in [-0.39, 0.29) is 34.9 Å². The van der Waals surface area contributed by atoms with Gasteiger partial charge in [-0.05, 0) is 55.1 Å². The fraction of sp³-hybridized carbons (Fsp3) is 0.652. The van der Waals surface area contributed by atoms with Crippen molar-refractivity contribution < 1.29 is 14.3 Å². The Balaban J connectivity index is 1.34. The molecule has 5 heteroatoms. The minimum atomic E-state index is -0.349. The van der Waals surface area contributed by atoms with E-state index < -0.39 is 0 Å². The maximum Gasteiger partial charge on any atom is 0.407 e. The predicted molar refractivity (Wildman–Crippen MR) is 108 cm³/mol. The molecular weight excluding hydrogens is 352 g/mol. The zero-order valence-electron chi connectivity index (χ0n) is 17.5. The average Bonchev–Trinajstić information content (AvgIpc) is 3.01. The first kappa shape index (κ1) is 19.3. The summed E-state index contributed by atoms with van der Waals surface area (Å²) < 4.78 is 5.02. The smallest absolute Gasteiger partial charge is 0.407 e. The fourth-order valence-corrected chi connectivity index (χ4v) is 5.06. The van der Waals surface area contributed by atoms with E-state index in [0.29, 0.717) is 25.4 Å². The van der Waals surface area contributed by atoms with Gasteiger partial charge in [0, 0.05) is 18.5 Å². The first-order valence-electron chi connectivity index (χ1n) is 10.5. The van der Waals surface area contributed by atoms with Gasteiger partial charge in [-0.2, -0.15) is 0 Å². The molecule has 0 bridgehead atoms. The third-order valence-electron chi connectivity index (χ3n) is 6.88. The van der Waals surface area contributed by atoms with Crippen LogP contribution in [-0.4, -0.2) is 41.6 Å². The maximum atomic E-state index is 13.0. The van der Waals surface area contributed by atoms with Crippen molar-refractivity contribution in [3.05, 3.63) is 35.4 Å². The third-order valence-corrected chi connectivity index (χ3v) is 6.88. The number of ether oxygens (including phenoxy) is 1. The van der Waals surface area contributed by atoms with Crippen LogP contribution in [0.4, 0.5) is 4.79 Å². The molecule has 2 heterocycles. The number of carbonyl (C=O) groups excluding carboxylic acids is 2. The number of hydrogen-bond donors (Lipinski definition) is 1. The summed E-state index contributed by atoms with van der Waals surface area (Å²) in [6.45, 7) is 10.1. The van der Waals surface area contributed by atoms with Gasteiger partial charge in [0.1, 0.15) is 6.61 Å². The number of carbonyl (C=O) groups is 2. The monoisotopic (exact) mass is 384 g/mol. The van der Waals surface area contributed by atoms with Crippen LogP contribution in [0.25, 0.3) is 0 Å². The largest absolute Gasteiger partial charge is 0.447 e. The molecule has 2 saturated heterocycles. The molecule has 0 radical (unpaired) electrons. The van der Waals surface area contributed by atoms with Crippen LogP contribution in [0.15, 0.2) is 24.3 Å². The lowest BCUT2D eigenvalue weighted by Crippen LogP contribution is -2.59. The zero-order valence-corrected chi connectivity index (χ0v) is 17.5. The standard InChI is InChI=1S/C23H32N2O3/c1-15-11-17(16-5-7-19(8-6-16)22(2,3)4)9-10-25(15)20(26)18-12-23(13-18)14-28-21(27)24-23/h5-8,15,17-18H,9-14H2,1-4H3,(H,24,27)/t15-,17-,18?,23?/m0/s1. The molecule has 2 aliphatic heterocycles. The molecule has 1 saturated carbocycles. The van der Waals surface area contributed by atoms with Gasteiger partial charge >= 0.3 is 6.09 Å². The molecule has 1 aromatic carbocycles. The van der Waals surface area contributed by atoms with Crippen molar-refractivity contribution in [2.75, 3.05) is 13.2 Å². The highest BCUT2D eigenvalue weighted by atomic mass is 16.6. The van der Waals surface area contributed by atoms with Gasteiger partial charge in [-0.15, -0.1) is 0 Å². The van der Waals surface area contributed by atoms with Crippen molar-refractivity contribution >= 4 is 12.0 Å². The van der Waals surface area contributed by atoms with E-state index in [2.05, 4.69) is 62.2 Å². The van der Waals surface area contributed by atoms with Gasteiger partial charge in [-0.1, -0.05) is 45.0 Å². The molecule has 0 aromatic heterocycles. The van der Waals surface area contributed by atoms with Gasteiger partial charge in [-0.3, -0.25) is 4.79 Å². The van der Waals surface area contributed by atoms with Crippen molar-refractivity contribution in [2.24, 2.45) is 5.92 Å². The summed E-state index contributed by atoms with van der Waals surface area (Å²) >= 11 is 0. The van der Waals surface area contributed by atoms with Crippen molar-refractivity contribution in [3.63, 3.8) is 0 Å². The second kappa shape index (κ2) is 6.78. The lowest BCUT2D eigenvalue weighted by molar-refractivity contribution is -0.144. The van der Waals surface area contributed by atoms with Crippen LogP contribution in [0.2, 0.25) is 0 Å². The minimum absolute atomic E-state index is 0.0204. The molecule has 2 atom stereocenters. The molecule has 5 nitrogen and oxygen atoms in total. The van der Waals surface area contributed by atoms with Gasteiger partial charge in [0.25, 0.3) is 0 Å². The summed E-state index contributed by atoms with van der Waals surface area (Å²) in [7, 11) is 0. The number of alkyl carbamates (subject to hydrolysis) is 1. The highest BCUT2D eigenvalue weighted by Gasteiger charge is 2.53. The SMILES string of the molecule is C[C@H]1C[C@@H](c2ccc(C(C)(C)C)cc2)CCN1C(=O)C1CC2(COC(=O)N2)C1. The summed E-state index contributed by atoms with van der Waals surface area (Å²) in [4.78, 5) is 26.3. The second-order valence-electron chi connectivity index (χ2n) is 10.1. The number of likely N-dealkylation sites (tertiary alicyclic amines) is 1. The van der Waals surface area contributed by atoms with Crippen LogP contribution < -0.4 is 5.32 Å². The van der Waals surface area contributed by atoms with Crippen molar-refractivity contribution in [2.45, 2.75) is 76.3 Å². The van der Waals surface area contributed by atoms with E-state index in [4.69, 9.17) is 4.74 Å². The third kappa shape index (κ3) is 3.51. The molecule has 1 N–H and O–H groups in total. The molecule has 3 aliphatic rings. The number of rotatable bonds is 2. The van der Waals surface area contributed by atoms with E-state index >= 15 is 0 Å². The Morgan fingerprint density at radius 1 is 1.21 bits per heavy atom. The quantitative estimate of drug-likeness (QED) is 0.839. The Kier molecular flexibility index (Phi) is 4.67. The Bertz CT molecular complexity index is 759. The number of benzene rings is 1. The van der Waals surface area contributed by atoms with Crippen LogP contribution in [0.1, 0.15) is 70.4 Å². The summed E-state index contributed by atoms with van der Waals surface area (Å²) in [5.41, 5.74) is 2.64. The van der Waals surface area contributed by atoms with Gasteiger partial charge in [0.2, 0.25) is 5.91 Å². The van der Waals surface area contributed by atoms with Crippen LogP contribution in [0.5, 0.6) is 0 Å². The van der Waals surface area contributed by atoms with E-state index in [1.807, 2.05) is 0 Å². The fourth-order valence-electron chi connectivity index (χ4n) is 5.06. The minimum Gasteiger partial charge on any atom is -0.447 e. The predicted octanol–water partition coefficient (Wildman–Crippen LogP) is 3.97. The van der Waals surface area contributed by atoms with E-state index in [0.717, 1.165) is 19.4 Å². The van der Waals surface area contributed by atoms with Crippen LogP contribution in [0, 0.1) is 5.92 Å². The first-order chi connectivity index (χ1) is 13.2. The van der Waals surface area contributed by atoms with Crippen molar-refractivity contribution in [1.82, 2.24) is 10.2 Å². The highest BCUT2D eigenvalue weighted by Crippen LogP contribution is 2.43. The zero-order chi connectivity index (χ0) is 20.1. The number of amides is 2. The summed E-state index contributed by atoms with van der Waals surface area (Å²) in [5.74, 6) is 0.788. The molecule has 3 fully saturated rings. The molecule has 28 heavy (non-hydrogen) atoms. The first-order valence-corrected chi connectivity index (χ1v) is 10.5. The van der Waals surface area contributed by atoms with Crippen molar-refractivity contribution in [3.8, 4) is 0 Å². The maximum absolute atomic E-state index is 13.0. The molecule has 152 valence electrons. The van der Waals surface area contributed by atoms with Crippen LogP contribution in [0.3, 0.4) is 0 Å². The second-order valence-corrected chi connectivity index (χ2v) is 10.1. The Morgan fingerprint density at radius 2 is 1.89 bits per heavy atom. The van der Waals surface area contributed by atoms with E-state index in [1.54, 1.807) is 0 Å². The normalized spacial score (nSPS) is 32.6. The van der Waals surface area contributed by atoms with Gasteiger partial charge in [0.05, 0.1) is 5.54 Å². The Hall–Kier alpha value is -2.04. The number of nitrogens with zero attached hydrogens (tertiary/aromatic N) is 1. The average molecular weight is 385 g/mol. The van der Waals surface area contributed by atoms with Gasteiger partial charge < -0.3 is 15.0 Å². The lowest BCUT2D eigenvalue weighted by atomic mass is 9.68. The number of hydrogen-bond acceptors (Lipinski definition) is 3. The summed E-state index contributed by atoms with van der Waals surface area (Å²) in [5, 5.41) is 2.88. The molecule has 1 aromatic rings. The van der Waals surface area contributed by atoms with Gasteiger partial charge in [-0.25, -0.2) is 4.79 Å². The van der Waals surface area contributed by atoms with E-state index in [1.165, 1.54) is 11.1 Å². The highest BCUT2D eigenvalue weighted by molar-refractivity contribution is 5.82. The van der Waals surface area contributed by atoms with Gasteiger partial charge in [0.15, 0.2) is 0 Å². The number of cyclic esters (lactones) is 1. The van der Waals surface area contributed by atoms with E-state index in [9.17, 15) is 9.59 Å². The molecule has 2 amide bonds. The molecular formula is C23H32N2O3. The van der Waals surface area contributed by atoms with Crippen LogP contribution >= 0.6 is 0 Å². The van der Waals surface area contributed by atoms with Crippen LogP contribution in [-0.2, 0) is 14.9 Å². The topological polar surface area (TPSA) is 58.6 Å². The molecule has 1 spiro atoms. The number of piperidine rings is 1. The Labute approximate surface area is 167 Å². The lowest BCUT2D eigenvalue weighted by Gasteiger charge is -2.46. The summed E-state index contributed by atoms with van der Waals surface area (Å²) in [6.07, 6.45) is 3.09. The molecule has 4 rings (SSSR count). The number of nitrogens with one attached hydrogen (secondary N) is 1.